The number of hydrogen-bond donors (Lipinski definition) is 0. The molecule has 3 atom stereocenters. The van der Waals surface area contributed by atoms with Gasteiger partial charge in [-0.05, 0) is 36.1 Å². The molecule has 0 aromatic heterocycles. The molecule has 2 aliphatic heterocycles. The van der Waals surface area contributed by atoms with Crippen LogP contribution in [0.25, 0.3) is 0 Å². The van der Waals surface area contributed by atoms with Crippen LogP contribution in [-0.2, 0) is 19.8 Å². The summed E-state index contributed by atoms with van der Waals surface area (Å²) < 4.78 is 5.26. The van der Waals surface area contributed by atoms with Crippen LogP contribution >= 0.6 is 0 Å². The van der Waals surface area contributed by atoms with E-state index in [1.165, 1.54) is 7.05 Å². The first kappa shape index (κ1) is 23.5. The highest BCUT2D eigenvalue weighted by Crippen LogP contribution is 2.42. The van der Waals surface area contributed by atoms with Crippen molar-refractivity contribution >= 4 is 17.7 Å². The van der Waals surface area contributed by atoms with Gasteiger partial charge in [-0.2, -0.15) is 0 Å². The van der Waals surface area contributed by atoms with E-state index in [1.807, 2.05) is 47.4 Å². The molecule has 2 aromatic carbocycles. The van der Waals surface area contributed by atoms with Gasteiger partial charge in [0.15, 0.2) is 0 Å². The zero-order valence-electron chi connectivity index (χ0n) is 19.6. The van der Waals surface area contributed by atoms with Gasteiger partial charge in [0.25, 0.3) is 0 Å². The van der Waals surface area contributed by atoms with Crippen LogP contribution in [0.4, 0.5) is 0 Å². The minimum absolute atomic E-state index is 0.0355. The molecule has 0 radical (unpaired) electrons. The Hall–Kier alpha value is -3.67. The van der Waals surface area contributed by atoms with Crippen LogP contribution in [0.3, 0.4) is 0 Å². The number of carbonyl (C=O) groups excluding carboxylic acids is 3. The summed E-state index contributed by atoms with van der Waals surface area (Å²) in [6.07, 6.45) is 7.20. The summed E-state index contributed by atoms with van der Waals surface area (Å²) in [4.78, 5) is 43.1. The van der Waals surface area contributed by atoms with Gasteiger partial charge in [-0.1, -0.05) is 60.7 Å². The van der Waals surface area contributed by atoms with Crippen LogP contribution in [0, 0.1) is 0 Å². The molecule has 1 unspecified atom stereocenters. The molecule has 34 heavy (non-hydrogen) atoms. The van der Waals surface area contributed by atoms with E-state index >= 15 is 0 Å². The summed E-state index contributed by atoms with van der Waals surface area (Å²) >= 11 is 0. The second kappa shape index (κ2) is 9.67. The molecular weight excluding hydrogens is 428 g/mol. The predicted octanol–water partition coefficient (Wildman–Crippen LogP) is 4.19. The van der Waals surface area contributed by atoms with Crippen molar-refractivity contribution in [2.24, 2.45) is 0 Å². The smallest absolute Gasteiger partial charge is 0.240 e. The SMILES string of the molecule is C=CC[C@@H]1CC=C[C@@H](c2ccccc2)N1C(=O)CC1(c2ccc(OC)cc2)CC(=O)N(C)C1=O. The molecule has 2 heterocycles. The maximum atomic E-state index is 14.0. The molecule has 2 aromatic rings. The fourth-order valence-corrected chi connectivity index (χ4v) is 5.09. The molecule has 1 saturated heterocycles. The summed E-state index contributed by atoms with van der Waals surface area (Å²) in [6.45, 7) is 3.88. The molecule has 2 aliphatic rings. The fraction of sp³-hybridized carbons (Fsp3) is 0.321. The van der Waals surface area contributed by atoms with Crippen LogP contribution in [0.1, 0.15) is 42.9 Å². The Labute approximate surface area is 200 Å². The Balaban J connectivity index is 1.74. The Morgan fingerprint density at radius 1 is 1.15 bits per heavy atom. The van der Waals surface area contributed by atoms with Crippen LogP contribution < -0.4 is 4.74 Å². The summed E-state index contributed by atoms with van der Waals surface area (Å²) in [5, 5.41) is 0. The molecule has 1 fully saturated rings. The minimum Gasteiger partial charge on any atom is -0.497 e. The van der Waals surface area contributed by atoms with Crippen LogP contribution in [0.15, 0.2) is 79.4 Å². The van der Waals surface area contributed by atoms with E-state index in [-0.39, 0.29) is 42.6 Å². The van der Waals surface area contributed by atoms with Gasteiger partial charge in [-0.3, -0.25) is 19.3 Å². The Kier molecular flexibility index (Phi) is 6.68. The van der Waals surface area contributed by atoms with Crippen molar-refractivity contribution in [1.29, 1.82) is 0 Å². The van der Waals surface area contributed by atoms with E-state index < -0.39 is 5.41 Å². The van der Waals surface area contributed by atoms with Crippen molar-refractivity contribution in [3.05, 3.63) is 90.5 Å². The number of amides is 3. The van der Waals surface area contributed by atoms with E-state index in [0.29, 0.717) is 24.2 Å². The number of nitrogens with zero attached hydrogens (tertiary/aromatic N) is 2. The molecular formula is C28H30N2O4. The third-order valence-electron chi connectivity index (χ3n) is 6.92. The zero-order chi connectivity index (χ0) is 24.3. The maximum Gasteiger partial charge on any atom is 0.240 e. The van der Waals surface area contributed by atoms with Crippen LogP contribution in [0.5, 0.6) is 5.75 Å². The van der Waals surface area contributed by atoms with Crippen LogP contribution in [-0.4, -0.2) is 47.7 Å². The number of likely N-dealkylation sites (tertiary alicyclic amines) is 1. The highest BCUT2D eigenvalue weighted by molar-refractivity contribution is 6.10. The molecule has 0 spiro atoms. The summed E-state index contributed by atoms with van der Waals surface area (Å²) in [5.74, 6) is -0.140. The molecule has 0 bridgehead atoms. The van der Waals surface area contributed by atoms with Gasteiger partial charge in [0.05, 0.1) is 18.6 Å². The first-order chi connectivity index (χ1) is 16.4. The lowest BCUT2D eigenvalue weighted by Gasteiger charge is -2.41. The number of methoxy groups -OCH3 is 1. The predicted molar refractivity (Wildman–Crippen MR) is 130 cm³/mol. The summed E-state index contributed by atoms with van der Waals surface area (Å²) in [6, 6.07) is 16.6. The third kappa shape index (κ3) is 4.16. The van der Waals surface area contributed by atoms with Crippen molar-refractivity contribution in [3.8, 4) is 5.75 Å². The molecule has 6 heteroatoms. The van der Waals surface area contributed by atoms with Gasteiger partial charge in [0, 0.05) is 25.9 Å². The van der Waals surface area contributed by atoms with E-state index in [1.54, 1.807) is 31.4 Å². The molecule has 0 saturated carbocycles. The van der Waals surface area contributed by atoms with Crippen molar-refractivity contribution in [1.82, 2.24) is 9.80 Å². The number of likely N-dealkylation sites (N-methyl/N-ethyl adjacent to an activating group) is 1. The number of benzene rings is 2. The fourth-order valence-electron chi connectivity index (χ4n) is 5.09. The van der Waals surface area contributed by atoms with Gasteiger partial charge in [-0.15, -0.1) is 6.58 Å². The largest absolute Gasteiger partial charge is 0.497 e. The van der Waals surface area contributed by atoms with Crippen LogP contribution in [0.2, 0.25) is 0 Å². The van der Waals surface area contributed by atoms with E-state index in [9.17, 15) is 14.4 Å². The lowest BCUT2D eigenvalue weighted by molar-refractivity contribution is -0.143. The minimum atomic E-state index is -1.24. The standard InChI is InChI=1S/C28H30N2O4/c1-4-9-22-12-8-13-24(20-10-6-5-7-11-20)30(22)26(32)19-28(18-25(31)29(2)27(28)33)21-14-16-23(34-3)17-15-21/h4-8,10-11,13-17,22,24H,1,9,12,18-19H2,2-3H3/t22-,24+,28?/m1/s1. The van der Waals surface area contributed by atoms with Crippen molar-refractivity contribution < 1.29 is 19.1 Å². The Morgan fingerprint density at radius 3 is 2.44 bits per heavy atom. The second-order valence-electron chi connectivity index (χ2n) is 8.92. The molecule has 6 nitrogen and oxygen atoms in total. The van der Waals surface area contributed by atoms with Crippen molar-refractivity contribution in [3.63, 3.8) is 0 Å². The summed E-state index contributed by atoms with van der Waals surface area (Å²) in [5.41, 5.74) is 0.412. The number of hydrogen-bond acceptors (Lipinski definition) is 4. The van der Waals surface area contributed by atoms with E-state index in [4.69, 9.17) is 4.74 Å². The van der Waals surface area contributed by atoms with Crippen molar-refractivity contribution in [2.75, 3.05) is 14.2 Å². The van der Waals surface area contributed by atoms with E-state index in [2.05, 4.69) is 12.7 Å². The first-order valence-electron chi connectivity index (χ1n) is 11.5. The van der Waals surface area contributed by atoms with E-state index in [0.717, 1.165) is 10.5 Å². The third-order valence-corrected chi connectivity index (χ3v) is 6.92. The Bertz CT molecular complexity index is 1110. The molecule has 176 valence electrons. The highest BCUT2D eigenvalue weighted by atomic mass is 16.5. The number of carbonyl (C=O) groups is 3. The lowest BCUT2D eigenvalue weighted by atomic mass is 9.75. The van der Waals surface area contributed by atoms with Gasteiger partial charge >= 0.3 is 0 Å². The molecule has 0 N–H and O–H groups in total. The quantitative estimate of drug-likeness (QED) is 0.461. The molecule has 4 rings (SSSR count). The zero-order valence-corrected chi connectivity index (χ0v) is 19.6. The summed E-state index contributed by atoms with van der Waals surface area (Å²) in [7, 11) is 3.05. The topological polar surface area (TPSA) is 66.9 Å². The average Bonchev–Trinajstić information content (AvgIpc) is 3.08. The first-order valence-corrected chi connectivity index (χ1v) is 11.5. The highest BCUT2D eigenvalue weighted by Gasteiger charge is 2.53. The van der Waals surface area contributed by atoms with Gasteiger partial charge in [-0.25, -0.2) is 0 Å². The lowest BCUT2D eigenvalue weighted by Crippen LogP contribution is -2.48. The van der Waals surface area contributed by atoms with Crippen molar-refractivity contribution in [2.45, 2.75) is 43.2 Å². The average molecular weight is 459 g/mol. The Morgan fingerprint density at radius 2 is 1.85 bits per heavy atom. The number of rotatable bonds is 7. The second-order valence-corrected chi connectivity index (χ2v) is 8.92. The number of imide groups is 1. The maximum absolute atomic E-state index is 14.0. The number of ether oxygens (including phenoxy) is 1. The van der Waals surface area contributed by atoms with Gasteiger partial charge in [0.1, 0.15) is 5.75 Å². The monoisotopic (exact) mass is 458 g/mol. The molecule has 0 aliphatic carbocycles. The normalized spacial score (nSPS) is 24.4. The molecule has 3 amide bonds. The van der Waals surface area contributed by atoms with Gasteiger partial charge < -0.3 is 9.64 Å². The van der Waals surface area contributed by atoms with Gasteiger partial charge in [0.2, 0.25) is 17.7 Å².